The molecule has 2 aliphatic heterocycles. The number of nitrogens with zero attached hydrogens (tertiary/aromatic N) is 5. The summed E-state index contributed by atoms with van der Waals surface area (Å²) in [5, 5.41) is 29.5. The van der Waals surface area contributed by atoms with E-state index in [2.05, 4.69) is 20.3 Å². The van der Waals surface area contributed by atoms with Crippen LogP contribution in [0.15, 0.2) is 68.2 Å². The number of carboxylic acid groups (broad SMARTS) is 2. The van der Waals surface area contributed by atoms with Crippen molar-refractivity contribution in [2.24, 2.45) is 5.92 Å². The summed E-state index contributed by atoms with van der Waals surface area (Å²) in [6, 6.07) is 9.24. The van der Waals surface area contributed by atoms with E-state index >= 15 is 0 Å². The molecule has 5 amide bonds. The molecule has 6 aromatic rings. The highest BCUT2D eigenvalue weighted by Crippen LogP contribution is 2.26. The molecular formula is C41H40N6O15. The molecular weight excluding hydrogens is 816 g/mol. The maximum atomic E-state index is 12.2. The highest BCUT2D eigenvalue weighted by Gasteiger charge is 2.35. The Balaban J connectivity index is 0.000000164. The van der Waals surface area contributed by atoms with Gasteiger partial charge in [-0.05, 0) is 69.5 Å². The second kappa shape index (κ2) is 19.5. The number of hydroxylamine groups is 4. The maximum absolute atomic E-state index is 12.2. The summed E-state index contributed by atoms with van der Waals surface area (Å²) in [5.74, 6) is -5.43. The van der Waals surface area contributed by atoms with Gasteiger partial charge in [-0.2, -0.15) is 5.06 Å². The molecule has 0 aliphatic carbocycles. The van der Waals surface area contributed by atoms with Crippen LogP contribution in [0.5, 0.6) is 0 Å². The predicted molar refractivity (Wildman–Crippen MR) is 211 cm³/mol. The van der Waals surface area contributed by atoms with Gasteiger partial charge in [-0.3, -0.25) is 44.1 Å². The first-order chi connectivity index (χ1) is 29.4. The number of carbonyl (C=O) groups is 8. The molecule has 324 valence electrons. The van der Waals surface area contributed by atoms with E-state index in [4.69, 9.17) is 33.5 Å². The highest BCUT2D eigenvalue weighted by molar-refractivity contribution is 6.03. The number of rotatable bonds is 8. The van der Waals surface area contributed by atoms with Crippen LogP contribution in [-0.4, -0.2) is 94.0 Å². The number of nitrogens with one attached hydrogen (secondary N) is 1. The van der Waals surface area contributed by atoms with Gasteiger partial charge in [-0.25, -0.2) is 14.4 Å². The van der Waals surface area contributed by atoms with Crippen molar-refractivity contribution in [1.82, 2.24) is 30.4 Å². The van der Waals surface area contributed by atoms with Crippen LogP contribution in [-0.2, 0) is 28.8 Å². The Morgan fingerprint density at radius 1 is 0.677 bits per heavy atom. The van der Waals surface area contributed by atoms with Gasteiger partial charge in [0.15, 0.2) is 22.5 Å². The van der Waals surface area contributed by atoms with Crippen molar-refractivity contribution in [3.8, 4) is 0 Å². The van der Waals surface area contributed by atoms with Crippen LogP contribution in [0.3, 0.4) is 0 Å². The van der Waals surface area contributed by atoms with Crippen molar-refractivity contribution < 1.29 is 71.9 Å². The second-order valence-electron chi connectivity index (χ2n) is 14.1. The average molecular weight is 857 g/mol. The molecule has 0 unspecified atom stereocenters. The van der Waals surface area contributed by atoms with Crippen LogP contribution >= 0.6 is 0 Å². The molecule has 21 nitrogen and oxygen atoms in total. The number of hydrogen-bond donors (Lipinski definition) is 4. The fourth-order valence-corrected chi connectivity index (χ4v) is 6.02. The maximum Gasteiger partial charge on any atom is 0.399 e. The lowest BCUT2D eigenvalue weighted by atomic mass is 10.0. The second-order valence-corrected chi connectivity index (χ2v) is 14.1. The van der Waals surface area contributed by atoms with Gasteiger partial charge in [-0.1, -0.05) is 13.8 Å². The first-order valence-electron chi connectivity index (χ1n) is 18.8. The van der Waals surface area contributed by atoms with Crippen LogP contribution < -0.4 is 5.32 Å². The van der Waals surface area contributed by atoms with Crippen LogP contribution in [0.2, 0.25) is 0 Å². The van der Waals surface area contributed by atoms with Gasteiger partial charge in [0.05, 0.1) is 0 Å². The zero-order valence-corrected chi connectivity index (χ0v) is 33.9. The van der Waals surface area contributed by atoms with E-state index in [1.807, 2.05) is 13.8 Å². The highest BCUT2D eigenvalue weighted by atomic mass is 16.7. The zero-order valence-electron chi connectivity index (χ0n) is 33.9. The van der Waals surface area contributed by atoms with Crippen LogP contribution in [0.25, 0.3) is 33.3 Å². The smallest absolute Gasteiger partial charge is 0.399 e. The fourth-order valence-electron chi connectivity index (χ4n) is 6.02. The number of aromatic nitrogens is 3. The normalized spacial score (nSPS) is 14.0. The lowest BCUT2D eigenvalue weighted by molar-refractivity contribution is -0.173. The number of carboxylic acids is 2. The number of aromatic carboxylic acids is 1. The summed E-state index contributed by atoms with van der Waals surface area (Å²) in [7, 11) is 0. The number of furan rings is 3. The molecule has 0 saturated carbocycles. The van der Waals surface area contributed by atoms with Crippen molar-refractivity contribution in [1.29, 1.82) is 0 Å². The van der Waals surface area contributed by atoms with E-state index in [0.717, 1.165) is 0 Å². The number of hydrogen-bond acceptors (Lipinski definition) is 16. The first-order valence-corrected chi connectivity index (χ1v) is 18.8. The largest absolute Gasteiger partial charge is 0.480 e. The summed E-state index contributed by atoms with van der Waals surface area (Å²) in [6.45, 7) is 8.87. The molecule has 0 bridgehead atoms. The molecule has 8 rings (SSSR count). The number of pyridine rings is 3. The van der Waals surface area contributed by atoms with Gasteiger partial charge in [0.25, 0.3) is 29.5 Å². The minimum atomic E-state index is -1.06. The summed E-state index contributed by atoms with van der Waals surface area (Å²) in [5.41, 5.74) is 4.91. The number of carbonyl (C=O) groups excluding carboxylic acids is 6. The summed E-state index contributed by atoms with van der Waals surface area (Å²) in [4.78, 5) is 106. The minimum Gasteiger partial charge on any atom is -0.480 e. The molecule has 4 N–H and O–H groups in total. The van der Waals surface area contributed by atoms with Crippen LogP contribution in [0.1, 0.15) is 94.3 Å². The third-order valence-electron chi connectivity index (χ3n) is 9.14. The summed E-state index contributed by atoms with van der Waals surface area (Å²) < 4.78 is 15.9. The Morgan fingerprint density at radius 2 is 1.08 bits per heavy atom. The van der Waals surface area contributed by atoms with E-state index in [1.54, 1.807) is 75.8 Å². The molecule has 8 heterocycles. The molecule has 62 heavy (non-hydrogen) atoms. The van der Waals surface area contributed by atoms with Crippen molar-refractivity contribution >= 4 is 80.7 Å². The molecule has 2 fully saturated rings. The van der Waals surface area contributed by atoms with Gasteiger partial charge < -0.3 is 33.6 Å². The van der Waals surface area contributed by atoms with E-state index < -0.39 is 53.5 Å². The standard InChI is InChI=1S/C15H18N2O4.C13H10N2O5.C9H7NO3.C4H5NO3/c1-8(2)7-10(15(19)20)17-14(18)13-9(3)12-11(21-13)5-4-6-16-12;1-7-11-8(3-2-6-14-11)19-12(7)13(18)20-15-9(16)4-5-10(15)17;1-5-7-6(3-2-4-10-7)13-8(5)9(11)12;6-3-1-2-4(7)5(3)8/h4-6,8,10H,7H2,1-3H3,(H,17,18)(H,19,20);2-3,6H,4-5H2,1H3;2-4H,1H3,(H,11,12);8H,1-2H2/t10-;;;/m0.../s1. The van der Waals surface area contributed by atoms with E-state index in [1.165, 1.54) is 0 Å². The molecule has 1 atom stereocenters. The number of imide groups is 2. The van der Waals surface area contributed by atoms with E-state index in [-0.39, 0.29) is 53.9 Å². The van der Waals surface area contributed by atoms with Crippen molar-refractivity contribution in [2.45, 2.75) is 72.8 Å². The number of fused-ring (bicyclic) bond motifs is 3. The molecule has 2 aliphatic rings. The minimum absolute atomic E-state index is 0.0336. The number of aryl methyl sites for hydroxylation is 3. The molecule has 2 saturated heterocycles. The first kappa shape index (κ1) is 45.3. The number of amides is 5. The van der Waals surface area contributed by atoms with Crippen molar-refractivity contribution in [3.63, 3.8) is 0 Å². The van der Waals surface area contributed by atoms with Crippen molar-refractivity contribution in [3.05, 3.63) is 89.0 Å². The lowest BCUT2D eigenvalue weighted by Gasteiger charge is -2.15. The SMILES string of the molecule is Cc1c(C(=O)N[C@@H](CC(C)C)C(=O)O)oc2cccnc12.Cc1c(C(=O)O)oc2cccnc12.Cc1c(C(=O)ON2C(=O)CCC2=O)oc2cccnc12.O=C1CCC(=O)N1O. The molecule has 21 heteroatoms. The Kier molecular flexibility index (Phi) is 14.2. The Morgan fingerprint density at radius 3 is 1.47 bits per heavy atom. The monoisotopic (exact) mass is 856 g/mol. The summed E-state index contributed by atoms with van der Waals surface area (Å²) >= 11 is 0. The predicted octanol–water partition coefficient (Wildman–Crippen LogP) is 5.08. The quantitative estimate of drug-likeness (QED) is 0.115. The van der Waals surface area contributed by atoms with Gasteiger partial charge >= 0.3 is 17.9 Å². The zero-order chi connectivity index (χ0) is 45.4. The van der Waals surface area contributed by atoms with Gasteiger partial charge in [0.2, 0.25) is 11.5 Å². The Labute approximate surface area is 350 Å². The molecule has 0 aromatic carbocycles. The summed E-state index contributed by atoms with van der Waals surface area (Å²) in [6.07, 6.45) is 5.55. The topological polar surface area (TPSA) is 303 Å². The number of aliphatic carboxylic acids is 1. The van der Waals surface area contributed by atoms with Gasteiger partial charge in [-0.15, -0.1) is 5.06 Å². The molecule has 6 aromatic heterocycles. The average Bonchev–Trinajstić information content (AvgIpc) is 4.03. The molecule has 0 radical (unpaired) electrons. The third kappa shape index (κ3) is 10.3. The van der Waals surface area contributed by atoms with Gasteiger partial charge in [0.1, 0.15) is 22.6 Å². The van der Waals surface area contributed by atoms with E-state index in [9.17, 15) is 38.4 Å². The molecule has 0 spiro atoms. The van der Waals surface area contributed by atoms with Crippen molar-refractivity contribution in [2.75, 3.05) is 0 Å². The van der Waals surface area contributed by atoms with Gasteiger partial charge in [0, 0.05) is 61.0 Å². The Hall–Kier alpha value is -7.81. The van der Waals surface area contributed by atoms with Crippen LogP contribution in [0, 0.1) is 26.7 Å². The fraction of sp³-hybridized carbons (Fsp3) is 0.293. The third-order valence-corrected chi connectivity index (χ3v) is 9.14. The van der Waals surface area contributed by atoms with Crippen LogP contribution in [0.4, 0.5) is 0 Å². The Bertz CT molecular complexity index is 2680. The van der Waals surface area contributed by atoms with E-state index in [0.29, 0.717) is 61.5 Å². The lowest BCUT2D eigenvalue weighted by Crippen LogP contribution is -2.41.